The van der Waals surface area contributed by atoms with E-state index < -0.39 is 0 Å². The summed E-state index contributed by atoms with van der Waals surface area (Å²) < 4.78 is 11.0. The van der Waals surface area contributed by atoms with Gasteiger partial charge >= 0.3 is 0 Å². The summed E-state index contributed by atoms with van der Waals surface area (Å²) in [5.41, 5.74) is 3.06. The van der Waals surface area contributed by atoms with Gasteiger partial charge in [-0.3, -0.25) is 0 Å². The molecule has 0 saturated heterocycles. The van der Waals surface area contributed by atoms with Gasteiger partial charge in [0.05, 0.1) is 20.1 Å². The fourth-order valence-electron chi connectivity index (χ4n) is 2.27. The third kappa shape index (κ3) is 4.15. The van der Waals surface area contributed by atoms with E-state index in [1.54, 1.807) is 7.11 Å². The molecule has 0 atom stereocenters. The van der Waals surface area contributed by atoms with Crippen molar-refractivity contribution < 1.29 is 14.3 Å². The molecule has 0 radical (unpaired) electrons. The van der Waals surface area contributed by atoms with Crippen LogP contribution in [0.4, 0.5) is 0 Å². The first-order chi connectivity index (χ1) is 11.8. The molecule has 2 aromatic carbocycles. The first-order valence-corrected chi connectivity index (χ1v) is 8.53. The van der Waals surface area contributed by atoms with Crippen molar-refractivity contribution in [3.05, 3.63) is 71.1 Å². The number of aliphatic hydroxyl groups excluding tert-OH is 1. The van der Waals surface area contributed by atoms with Gasteiger partial charge in [-0.2, -0.15) is 0 Å². The largest absolute Gasteiger partial charge is 0.496 e. The Bertz CT molecular complexity index is 787. The molecule has 0 fully saturated rings. The first-order valence-electron chi connectivity index (χ1n) is 7.54. The summed E-state index contributed by atoms with van der Waals surface area (Å²) in [6, 6.07) is 15.6. The number of thioether (sulfide) groups is 1. The van der Waals surface area contributed by atoms with Gasteiger partial charge in [0.1, 0.15) is 5.75 Å². The molecule has 0 aliphatic carbocycles. The summed E-state index contributed by atoms with van der Waals surface area (Å²) in [6.07, 6.45) is 0.544. The van der Waals surface area contributed by atoms with Crippen LogP contribution in [0.1, 0.15) is 22.6 Å². The lowest BCUT2D eigenvalue weighted by Gasteiger charge is -2.05. The van der Waals surface area contributed by atoms with Crippen molar-refractivity contribution in [1.82, 2.24) is 10.2 Å². The smallest absolute Gasteiger partial charge is 0.276 e. The van der Waals surface area contributed by atoms with E-state index in [9.17, 15) is 0 Å². The number of hydrogen-bond donors (Lipinski definition) is 1. The Hall–Kier alpha value is -2.31. The summed E-state index contributed by atoms with van der Waals surface area (Å²) in [4.78, 5) is 0. The molecular weight excluding hydrogens is 324 g/mol. The van der Waals surface area contributed by atoms with Crippen LogP contribution >= 0.6 is 11.8 Å². The minimum atomic E-state index is 0.0589. The Balaban J connectivity index is 1.60. The molecular formula is C18H18N2O3S. The Labute approximate surface area is 144 Å². The molecule has 0 saturated carbocycles. The molecule has 6 heteroatoms. The summed E-state index contributed by atoms with van der Waals surface area (Å²) in [5, 5.41) is 17.8. The molecule has 0 amide bonds. The van der Waals surface area contributed by atoms with Gasteiger partial charge < -0.3 is 14.3 Å². The molecule has 3 rings (SSSR count). The van der Waals surface area contributed by atoms with Gasteiger partial charge in [0.25, 0.3) is 5.22 Å². The molecule has 1 aromatic heterocycles. The summed E-state index contributed by atoms with van der Waals surface area (Å²) in [6.45, 7) is 0.0589. The molecule has 0 unspecified atom stereocenters. The third-order valence-corrected chi connectivity index (χ3v) is 4.44. The molecule has 0 aliphatic heterocycles. The normalized spacial score (nSPS) is 10.8. The van der Waals surface area contributed by atoms with E-state index in [0.717, 1.165) is 28.2 Å². The fraction of sp³-hybridized carbons (Fsp3) is 0.222. The maximum atomic E-state index is 9.05. The molecule has 1 heterocycles. The monoisotopic (exact) mass is 342 g/mol. The van der Waals surface area contributed by atoms with Crippen LogP contribution in [0.3, 0.4) is 0 Å². The van der Waals surface area contributed by atoms with E-state index in [2.05, 4.69) is 10.2 Å². The van der Waals surface area contributed by atoms with Crippen molar-refractivity contribution in [2.45, 2.75) is 24.0 Å². The van der Waals surface area contributed by atoms with Crippen molar-refractivity contribution >= 4 is 11.8 Å². The molecule has 0 spiro atoms. The second-order valence-electron chi connectivity index (χ2n) is 5.21. The van der Waals surface area contributed by atoms with Gasteiger partial charge in [-0.1, -0.05) is 54.2 Å². The van der Waals surface area contributed by atoms with Crippen LogP contribution in [0.15, 0.2) is 58.2 Å². The molecule has 24 heavy (non-hydrogen) atoms. The van der Waals surface area contributed by atoms with E-state index in [0.29, 0.717) is 17.5 Å². The van der Waals surface area contributed by atoms with Crippen LogP contribution in [0.5, 0.6) is 5.75 Å². The number of para-hydroxylation sites is 1. The van der Waals surface area contributed by atoms with Crippen LogP contribution in [0, 0.1) is 0 Å². The molecule has 0 aliphatic rings. The maximum absolute atomic E-state index is 9.05. The highest BCUT2D eigenvalue weighted by Crippen LogP contribution is 2.24. The van der Waals surface area contributed by atoms with Crippen molar-refractivity contribution in [2.75, 3.05) is 7.11 Å². The lowest BCUT2D eigenvalue weighted by atomic mass is 10.1. The van der Waals surface area contributed by atoms with E-state index in [1.807, 2.05) is 48.5 Å². The van der Waals surface area contributed by atoms with Gasteiger partial charge in [-0.25, -0.2) is 0 Å². The Morgan fingerprint density at radius 1 is 1.04 bits per heavy atom. The van der Waals surface area contributed by atoms with Crippen molar-refractivity contribution in [3.63, 3.8) is 0 Å². The number of hydrogen-bond acceptors (Lipinski definition) is 6. The number of nitrogens with zero attached hydrogens (tertiary/aromatic N) is 2. The quantitative estimate of drug-likeness (QED) is 0.663. The maximum Gasteiger partial charge on any atom is 0.276 e. The van der Waals surface area contributed by atoms with Crippen LogP contribution in [-0.2, 0) is 18.8 Å². The Morgan fingerprint density at radius 2 is 1.79 bits per heavy atom. The second-order valence-corrected chi connectivity index (χ2v) is 6.14. The lowest BCUT2D eigenvalue weighted by Crippen LogP contribution is -1.93. The summed E-state index contributed by atoms with van der Waals surface area (Å²) >= 11 is 1.49. The molecule has 124 valence electrons. The molecule has 3 aromatic rings. The fourth-order valence-corrected chi connectivity index (χ4v) is 3.00. The number of aliphatic hydroxyl groups is 1. The number of methoxy groups -OCH3 is 1. The topological polar surface area (TPSA) is 68.4 Å². The summed E-state index contributed by atoms with van der Waals surface area (Å²) in [7, 11) is 1.65. The Morgan fingerprint density at radius 3 is 2.54 bits per heavy atom. The van der Waals surface area contributed by atoms with Crippen LogP contribution in [0.2, 0.25) is 0 Å². The van der Waals surface area contributed by atoms with Crippen molar-refractivity contribution in [1.29, 1.82) is 0 Å². The predicted molar refractivity (Wildman–Crippen MR) is 92.0 cm³/mol. The average molecular weight is 342 g/mol. The van der Waals surface area contributed by atoms with Gasteiger partial charge in [-0.15, -0.1) is 10.2 Å². The van der Waals surface area contributed by atoms with Gasteiger partial charge in [-0.05, 0) is 17.2 Å². The van der Waals surface area contributed by atoms with Gasteiger partial charge in [0, 0.05) is 11.3 Å². The van der Waals surface area contributed by atoms with Crippen molar-refractivity contribution in [3.8, 4) is 5.75 Å². The molecule has 5 nitrogen and oxygen atoms in total. The minimum Gasteiger partial charge on any atom is -0.496 e. The second kappa shape index (κ2) is 7.99. The standard InChI is InChI=1S/C18H18N2O3S/c1-22-16-5-3-2-4-15(16)10-17-19-20-18(23-17)24-12-14-8-6-13(11-21)7-9-14/h2-9,21H,10-12H2,1H3. The highest BCUT2D eigenvalue weighted by atomic mass is 32.2. The van der Waals surface area contributed by atoms with E-state index in [4.69, 9.17) is 14.3 Å². The third-order valence-electron chi connectivity index (χ3n) is 3.55. The van der Waals surface area contributed by atoms with Crippen LogP contribution in [0.25, 0.3) is 0 Å². The first kappa shape index (κ1) is 16.5. The highest BCUT2D eigenvalue weighted by molar-refractivity contribution is 7.98. The van der Waals surface area contributed by atoms with Crippen molar-refractivity contribution in [2.24, 2.45) is 0 Å². The number of ether oxygens (including phenoxy) is 1. The number of aromatic nitrogens is 2. The number of rotatable bonds is 7. The highest BCUT2D eigenvalue weighted by Gasteiger charge is 2.10. The average Bonchev–Trinajstić information content (AvgIpc) is 3.08. The number of benzene rings is 2. The summed E-state index contributed by atoms with van der Waals surface area (Å²) in [5.74, 6) is 2.12. The van der Waals surface area contributed by atoms with E-state index in [-0.39, 0.29) is 6.61 Å². The molecule has 1 N–H and O–H groups in total. The zero-order valence-corrected chi connectivity index (χ0v) is 14.1. The SMILES string of the molecule is COc1ccccc1Cc1nnc(SCc2ccc(CO)cc2)o1. The van der Waals surface area contributed by atoms with Gasteiger partial charge in [0.2, 0.25) is 5.89 Å². The molecule has 0 bridgehead atoms. The van der Waals surface area contributed by atoms with Crippen LogP contribution in [-0.4, -0.2) is 22.4 Å². The lowest BCUT2D eigenvalue weighted by molar-refractivity contribution is 0.282. The zero-order valence-electron chi connectivity index (χ0n) is 13.3. The van der Waals surface area contributed by atoms with E-state index >= 15 is 0 Å². The Kier molecular flexibility index (Phi) is 5.51. The van der Waals surface area contributed by atoms with E-state index in [1.165, 1.54) is 11.8 Å². The van der Waals surface area contributed by atoms with Crippen LogP contribution < -0.4 is 4.74 Å². The zero-order chi connectivity index (χ0) is 16.8. The van der Waals surface area contributed by atoms with Gasteiger partial charge in [0.15, 0.2) is 0 Å². The predicted octanol–water partition coefficient (Wildman–Crippen LogP) is 3.45. The minimum absolute atomic E-state index is 0.0589.